The van der Waals surface area contributed by atoms with Gasteiger partial charge in [0.15, 0.2) is 0 Å². The number of sulfonamides is 1. The van der Waals surface area contributed by atoms with Crippen molar-refractivity contribution in [2.45, 2.75) is 29.5 Å². The number of hydrogen-bond acceptors (Lipinski definition) is 4. The Bertz CT molecular complexity index is 582. The molecule has 0 saturated heterocycles. The third-order valence-electron chi connectivity index (χ3n) is 2.92. The normalized spacial score (nSPS) is 18.1. The van der Waals surface area contributed by atoms with Crippen LogP contribution in [0.3, 0.4) is 0 Å². The smallest absolute Gasteiger partial charge is 0.373 e. The van der Waals surface area contributed by atoms with Crippen molar-refractivity contribution in [3.8, 4) is 0 Å². The quantitative estimate of drug-likeness (QED) is 0.883. The van der Waals surface area contributed by atoms with E-state index in [2.05, 4.69) is 10.3 Å². The van der Waals surface area contributed by atoms with Crippen LogP contribution in [-0.4, -0.2) is 32.2 Å². The van der Waals surface area contributed by atoms with Crippen LogP contribution < -0.4 is 10.0 Å². The minimum atomic E-state index is -4.58. The highest BCUT2D eigenvalue weighted by atomic mass is 32.2. The summed E-state index contributed by atoms with van der Waals surface area (Å²) in [6, 6.07) is 2.32. The minimum absolute atomic E-state index is 0.236. The van der Waals surface area contributed by atoms with Crippen molar-refractivity contribution in [2.24, 2.45) is 0 Å². The Morgan fingerprint density at radius 3 is 2.47 bits per heavy atom. The lowest BCUT2D eigenvalue weighted by Crippen LogP contribution is -2.47. The number of nitrogens with one attached hydrogen (secondary N) is 2. The van der Waals surface area contributed by atoms with Gasteiger partial charge in [-0.15, -0.1) is 0 Å². The average molecular weight is 295 g/mol. The van der Waals surface area contributed by atoms with E-state index in [1.165, 1.54) is 19.3 Å². The Balaban J connectivity index is 2.29. The number of halogens is 3. The molecule has 1 saturated carbocycles. The van der Waals surface area contributed by atoms with E-state index in [1.54, 1.807) is 4.72 Å². The Labute approximate surface area is 108 Å². The summed E-state index contributed by atoms with van der Waals surface area (Å²) >= 11 is 0. The second-order valence-corrected chi connectivity index (χ2v) is 5.99. The summed E-state index contributed by atoms with van der Waals surface area (Å²) in [6.45, 7) is 0. The van der Waals surface area contributed by atoms with E-state index < -0.39 is 21.7 Å². The van der Waals surface area contributed by atoms with Crippen molar-refractivity contribution in [1.82, 2.24) is 9.71 Å². The summed E-state index contributed by atoms with van der Waals surface area (Å²) in [7, 11) is -2.69. The molecule has 1 fully saturated rings. The van der Waals surface area contributed by atoms with Gasteiger partial charge in [-0.3, -0.25) is 0 Å². The molecule has 2 N–H and O–H groups in total. The van der Waals surface area contributed by atoms with Crippen molar-refractivity contribution in [1.29, 1.82) is 0 Å². The number of hydrogen-bond donors (Lipinski definition) is 2. The molecule has 5 nitrogen and oxygen atoms in total. The SMILES string of the molecule is CNc1cc(S(=O)(=O)NC2(C(F)(F)F)CC2)ccn1. The first kappa shape index (κ1) is 14.1. The summed E-state index contributed by atoms with van der Waals surface area (Å²) in [5, 5.41) is 2.62. The Morgan fingerprint density at radius 2 is 2.00 bits per heavy atom. The van der Waals surface area contributed by atoms with Crippen LogP contribution in [0.5, 0.6) is 0 Å². The fraction of sp³-hybridized carbons (Fsp3) is 0.500. The van der Waals surface area contributed by atoms with Gasteiger partial charge in [-0.05, 0) is 18.9 Å². The molecule has 1 aliphatic rings. The van der Waals surface area contributed by atoms with E-state index in [0.29, 0.717) is 0 Å². The molecule has 0 spiro atoms. The summed E-state index contributed by atoms with van der Waals surface area (Å²) < 4.78 is 63.8. The summed E-state index contributed by atoms with van der Waals surface area (Å²) in [6.07, 6.45) is -3.84. The Hall–Kier alpha value is -1.35. The summed E-state index contributed by atoms with van der Waals surface area (Å²) in [5.41, 5.74) is -2.31. The van der Waals surface area contributed by atoms with Crippen LogP contribution in [0.15, 0.2) is 23.2 Å². The lowest BCUT2D eigenvalue weighted by molar-refractivity contribution is -0.160. The largest absolute Gasteiger partial charge is 0.407 e. The van der Waals surface area contributed by atoms with Crippen LogP contribution in [0.2, 0.25) is 0 Å². The van der Waals surface area contributed by atoms with Crippen molar-refractivity contribution >= 4 is 15.8 Å². The van der Waals surface area contributed by atoms with E-state index in [4.69, 9.17) is 0 Å². The topological polar surface area (TPSA) is 71.1 Å². The maximum atomic E-state index is 12.7. The zero-order chi connectivity index (χ0) is 14.3. The van der Waals surface area contributed by atoms with Crippen LogP contribution >= 0.6 is 0 Å². The van der Waals surface area contributed by atoms with E-state index >= 15 is 0 Å². The molecule has 1 heterocycles. The first-order valence-corrected chi connectivity index (χ1v) is 6.93. The summed E-state index contributed by atoms with van der Waals surface area (Å²) in [4.78, 5) is 3.56. The molecule has 0 amide bonds. The molecule has 1 aliphatic carbocycles. The second-order valence-electron chi connectivity index (χ2n) is 4.31. The molecule has 0 atom stereocenters. The van der Waals surface area contributed by atoms with Gasteiger partial charge in [0.2, 0.25) is 10.0 Å². The van der Waals surface area contributed by atoms with Crippen LogP contribution in [0.1, 0.15) is 12.8 Å². The standard InChI is InChI=1S/C10H12F3N3O2S/c1-14-8-6-7(2-5-15-8)19(17,18)16-9(3-4-9)10(11,12)13/h2,5-6,16H,3-4H2,1H3,(H,14,15). The van der Waals surface area contributed by atoms with Crippen molar-refractivity contribution in [3.05, 3.63) is 18.3 Å². The number of nitrogens with zero attached hydrogens (tertiary/aromatic N) is 1. The predicted octanol–water partition coefficient (Wildman–Crippen LogP) is 1.50. The van der Waals surface area contributed by atoms with Crippen LogP contribution in [-0.2, 0) is 10.0 Å². The lowest BCUT2D eigenvalue weighted by atomic mass is 10.3. The van der Waals surface area contributed by atoms with Gasteiger partial charge in [-0.25, -0.2) is 13.4 Å². The number of alkyl halides is 3. The van der Waals surface area contributed by atoms with Gasteiger partial charge in [-0.1, -0.05) is 0 Å². The number of aromatic nitrogens is 1. The van der Waals surface area contributed by atoms with Gasteiger partial charge in [0.25, 0.3) is 0 Å². The molecule has 2 rings (SSSR count). The number of pyridine rings is 1. The molecule has 0 radical (unpaired) electrons. The van der Waals surface area contributed by atoms with Crippen LogP contribution in [0, 0.1) is 0 Å². The molecule has 0 aliphatic heterocycles. The van der Waals surface area contributed by atoms with E-state index in [1.807, 2.05) is 0 Å². The van der Waals surface area contributed by atoms with Gasteiger partial charge in [-0.2, -0.15) is 17.9 Å². The highest BCUT2D eigenvalue weighted by molar-refractivity contribution is 7.89. The monoisotopic (exact) mass is 295 g/mol. The van der Waals surface area contributed by atoms with Gasteiger partial charge in [0, 0.05) is 19.3 Å². The molecule has 1 aromatic rings. The number of anilines is 1. The predicted molar refractivity (Wildman–Crippen MR) is 62.1 cm³/mol. The van der Waals surface area contributed by atoms with E-state index in [0.717, 1.165) is 6.07 Å². The highest BCUT2D eigenvalue weighted by Crippen LogP contribution is 2.49. The van der Waals surface area contributed by atoms with Crippen LogP contribution in [0.25, 0.3) is 0 Å². The maximum absolute atomic E-state index is 12.7. The Morgan fingerprint density at radius 1 is 1.37 bits per heavy atom. The lowest BCUT2D eigenvalue weighted by Gasteiger charge is -2.20. The fourth-order valence-corrected chi connectivity index (χ4v) is 3.06. The molecular formula is C10H12F3N3O2S. The Kier molecular flexibility index (Phi) is 3.21. The average Bonchev–Trinajstić information content (AvgIpc) is 3.09. The molecule has 0 aromatic carbocycles. The minimum Gasteiger partial charge on any atom is -0.373 e. The first-order valence-electron chi connectivity index (χ1n) is 5.45. The molecule has 106 valence electrons. The van der Waals surface area contributed by atoms with E-state index in [9.17, 15) is 21.6 Å². The first-order chi connectivity index (χ1) is 8.70. The van der Waals surface area contributed by atoms with Crippen LogP contribution in [0.4, 0.5) is 19.0 Å². The zero-order valence-electron chi connectivity index (χ0n) is 9.95. The van der Waals surface area contributed by atoms with E-state index in [-0.39, 0.29) is 23.6 Å². The highest BCUT2D eigenvalue weighted by Gasteiger charge is 2.65. The maximum Gasteiger partial charge on any atom is 0.407 e. The van der Waals surface area contributed by atoms with Crippen molar-refractivity contribution in [3.63, 3.8) is 0 Å². The van der Waals surface area contributed by atoms with Gasteiger partial charge in [0.1, 0.15) is 11.4 Å². The number of rotatable bonds is 4. The molecule has 1 aromatic heterocycles. The molecule has 0 unspecified atom stereocenters. The van der Waals surface area contributed by atoms with Gasteiger partial charge in [0.05, 0.1) is 4.90 Å². The van der Waals surface area contributed by atoms with Crippen molar-refractivity contribution in [2.75, 3.05) is 12.4 Å². The zero-order valence-corrected chi connectivity index (χ0v) is 10.8. The van der Waals surface area contributed by atoms with Gasteiger partial charge < -0.3 is 5.32 Å². The molecule has 0 bridgehead atoms. The van der Waals surface area contributed by atoms with Gasteiger partial charge >= 0.3 is 6.18 Å². The fourth-order valence-electron chi connectivity index (χ4n) is 1.60. The summed E-state index contributed by atoms with van der Waals surface area (Å²) in [5.74, 6) is 0.264. The molecule has 19 heavy (non-hydrogen) atoms. The second kappa shape index (κ2) is 4.34. The third kappa shape index (κ3) is 2.66. The molecule has 9 heteroatoms. The van der Waals surface area contributed by atoms with Crippen molar-refractivity contribution < 1.29 is 21.6 Å². The molecular weight excluding hydrogens is 283 g/mol. The third-order valence-corrected chi connectivity index (χ3v) is 4.45.